The lowest BCUT2D eigenvalue weighted by Gasteiger charge is -2.15. The van der Waals surface area contributed by atoms with Crippen LogP contribution < -0.4 is 5.32 Å². The second kappa shape index (κ2) is 7.26. The smallest absolute Gasteiger partial charge is 0.247 e. The highest BCUT2D eigenvalue weighted by Gasteiger charge is 2.29. The van der Waals surface area contributed by atoms with Crippen LogP contribution in [0.25, 0.3) is 11.1 Å². The summed E-state index contributed by atoms with van der Waals surface area (Å²) in [6.07, 6.45) is 7.87. The molecule has 1 N–H and O–H groups in total. The van der Waals surface area contributed by atoms with E-state index in [1.807, 2.05) is 6.07 Å². The number of nitrogens with one attached hydrogen (secondary N) is 1. The third-order valence-corrected chi connectivity index (χ3v) is 5.49. The predicted octanol–water partition coefficient (Wildman–Crippen LogP) is 5.05. The molecule has 1 aliphatic carbocycles. The molecule has 1 heterocycles. The maximum Gasteiger partial charge on any atom is 0.247 e. The highest BCUT2D eigenvalue weighted by atomic mass is 16.2. The van der Waals surface area contributed by atoms with Crippen LogP contribution in [0.5, 0.6) is 0 Å². The van der Waals surface area contributed by atoms with Crippen LogP contribution >= 0.6 is 0 Å². The van der Waals surface area contributed by atoms with Crippen LogP contribution in [0.4, 0.5) is 0 Å². The third kappa shape index (κ3) is 3.68. The Balaban J connectivity index is 1.43. The van der Waals surface area contributed by atoms with Gasteiger partial charge in [0.2, 0.25) is 5.91 Å². The quantitative estimate of drug-likeness (QED) is 0.784. The zero-order chi connectivity index (χ0) is 17.1. The molecule has 2 fully saturated rings. The van der Waals surface area contributed by atoms with Crippen LogP contribution in [0.3, 0.4) is 0 Å². The first-order chi connectivity index (χ1) is 12.3. The van der Waals surface area contributed by atoms with E-state index in [0.29, 0.717) is 0 Å². The first kappa shape index (κ1) is 16.1. The van der Waals surface area contributed by atoms with Gasteiger partial charge >= 0.3 is 0 Å². The molecule has 25 heavy (non-hydrogen) atoms. The van der Waals surface area contributed by atoms with Crippen LogP contribution in [0.2, 0.25) is 0 Å². The number of carbonyl (C=O) groups excluding carboxylic acids is 1. The van der Waals surface area contributed by atoms with Crippen molar-refractivity contribution < 1.29 is 4.79 Å². The summed E-state index contributed by atoms with van der Waals surface area (Å²) in [7, 11) is 0. The lowest BCUT2D eigenvalue weighted by molar-refractivity contribution is -0.116. The van der Waals surface area contributed by atoms with E-state index in [1.165, 1.54) is 41.5 Å². The van der Waals surface area contributed by atoms with Crippen molar-refractivity contribution in [2.24, 2.45) is 0 Å². The van der Waals surface area contributed by atoms with Crippen LogP contribution in [-0.2, 0) is 11.2 Å². The summed E-state index contributed by atoms with van der Waals surface area (Å²) in [5.74, 6) is 0.183. The highest BCUT2D eigenvalue weighted by molar-refractivity contribution is 5.96. The van der Waals surface area contributed by atoms with Gasteiger partial charge in [-0.15, -0.1) is 0 Å². The van der Waals surface area contributed by atoms with Gasteiger partial charge in [-0.3, -0.25) is 4.79 Å². The maximum atomic E-state index is 12.3. The van der Waals surface area contributed by atoms with Crippen molar-refractivity contribution in [1.29, 1.82) is 0 Å². The van der Waals surface area contributed by atoms with Gasteiger partial charge in [-0.2, -0.15) is 0 Å². The summed E-state index contributed by atoms with van der Waals surface area (Å²) in [6.45, 7) is 0. The number of hydrogen-bond donors (Lipinski definition) is 1. The standard InChI is InChI=1S/C23H25NO/c25-23-22(20-9-5-2-6-10-20)16-21(24-23)15-17-11-13-19(14-12-17)18-7-3-1-4-8-18/h1,3-4,7-8,11-14,21H,2,5-6,9-10,15-16H2,(H,24,25)/t21-/m1/s1. The Labute approximate surface area is 150 Å². The molecule has 1 atom stereocenters. The molecule has 1 saturated heterocycles. The van der Waals surface area contributed by atoms with Crippen molar-refractivity contribution in [1.82, 2.24) is 5.32 Å². The monoisotopic (exact) mass is 331 g/mol. The number of amides is 1. The van der Waals surface area contributed by atoms with E-state index in [-0.39, 0.29) is 11.9 Å². The van der Waals surface area contributed by atoms with Gasteiger partial charge in [-0.1, -0.05) is 66.6 Å². The predicted molar refractivity (Wildman–Crippen MR) is 102 cm³/mol. The number of benzene rings is 2. The molecular formula is C23H25NO. The van der Waals surface area contributed by atoms with Gasteiger partial charge in [0, 0.05) is 11.6 Å². The van der Waals surface area contributed by atoms with Gasteiger partial charge in [0.05, 0.1) is 0 Å². The number of carbonyl (C=O) groups is 1. The minimum Gasteiger partial charge on any atom is -0.349 e. The maximum absolute atomic E-state index is 12.3. The van der Waals surface area contributed by atoms with E-state index in [2.05, 4.69) is 53.8 Å². The van der Waals surface area contributed by atoms with E-state index in [1.54, 1.807) is 0 Å². The summed E-state index contributed by atoms with van der Waals surface area (Å²) in [6, 6.07) is 19.4. The van der Waals surface area contributed by atoms with E-state index < -0.39 is 0 Å². The van der Waals surface area contributed by atoms with Gasteiger partial charge in [0.25, 0.3) is 0 Å². The molecule has 0 bridgehead atoms. The van der Waals surface area contributed by atoms with E-state index >= 15 is 0 Å². The highest BCUT2D eigenvalue weighted by Crippen LogP contribution is 2.31. The number of hydrogen-bond acceptors (Lipinski definition) is 1. The summed E-state index contributed by atoms with van der Waals surface area (Å²) in [4.78, 5) is 12.3. The Morgan fingerprint density at radius 3 is 2.24 bits per heavy atom. The third-order valence-electron chi connectivity index (χ3n) is 5.49. The van der Waals surface area contributed by atoms with Crippen LogP contribution in [0.1, 0.15) is 44.1 Å². The number of rotatable bonds is 3. The lowest BCUT2D eigenvalue weighted by Crippen LogP contribution is -2.27. The van der Waals surface area contributed by atoms with Crippen LogP contribution in [0, 0.1) is 0 Å². The van der Waals surface area contributed by atoms with E-state index in [0.717, 1.165) is 31.3 Å². The molecular weight excluding hydrogens is 306 g/mol. The fraction of sp³-hybridized carbons (Fsp3) is 0.348. The number of allylic oxidation sites excluding steroid dienone is 1. The van der Waals surface area contributed by atoms with Crippen molar-refractivity contribution in [2.45, 2.75) is 51.0 Å². The molecule has 0 unspecified atom stereocenters. The minimum atomic E-state index is 0.183. The molecule has 2 heteroatoms. The molecule has 2 aromatic carbocycles. The second-order valence-electron chi connectivity index (χ2n) is 7.28. The van der Waals surface area contributed by atoms with E-state index in [4.69, 9.17) is 0 Å². The largest absolute Gasteiger partial charge is 0.349 e. The summed E-state index contributed by atoms with van der Waals surface area (Å²) in [5.41, 5.74) is 6.29. The molecule has 2 aliphatic rings. The van der Waals surface area contributed by atoms with Crippen molar-refractivity contribution in [2.75, 3.05) is 0 Å². The molecule has 2 nitrogen and oxygen atoms in total. The van der Waals surface area contributed by atoms with Gasteiger partial charge in [-0.25, -0.2) is 0 Å². The average molecular weight is 331 g/mol. The summed E-state index contributed by atoms with van der Waals surface area (Å²) < 4.78 is 0. The second-order valence-corrected chi connectivity index (χ2v) is 7.28. The van der Waals surface area contributed by atoms with E-state index in [9.17, 15) is 4.79 Å². The lowest BCUT2D eigenvalue weighted by atomic mass is 9.89. The molecule has 0 aromatic heterocycles. The first-order valence-corrected chi connectivity index (χ1v) is 9.46. The molecule has 1 amide bonds. The Hall–Kier alpha value is -2.35. The van der Waals surface area contributed by atoms with Gasteiger partial charge in [0.1, 0.15) is 0 Å². The molecule has 128 valence electrons. The Bertz CT molecular complexity index is 765. The molecule has 0 spiro atoms. The van der Waals surface area contributed by atoms with Crippen molar-refractivity contribution >= 4 is 5.91 Å². The van der Waals surface area contributed by atoms with Crippen molar-refractivity contribution in [3.05, 3.63) is 71.3 Å². The van der Waals surface area contributed by atoms with Crippen LogP contribution in [0.15, 0.2) is 65.7 Å². The molecule has 2 aromatic rings. The van der Waals surface area contributed by atoms with Crippen LogP contribution in [-0.4, -0.2) is 11.9 Å². The average Bonchev–Trinajstić information content (AvgIpc) is 3.04. The van der Waals surface area contributed by atoms with Gasteiger partial charge in [0.15, 0.2) is 0 Å². The topological polar surface area (TPSA) is 29.1 Å². The molecule has 1 saturated carbocycles. The Morgan fingerprint density at radius 2 is 1.52 bits per heavy atom. The van der Waals surface area contributed by atoms with Gasteiger partial charge in [-0.05, 0) is 55.2 Å². The van der Waals surface area contributed by atoms with Crippen molar-refractivity contribution in [3.8, 4) is 11.1 Å². The summed E-state index contributed by atoms with van der Waals surface area (Å²) in [5, 5.41) is 3.20. The summed E-state index contributed by atoms with van der Waals surface area (Å²) >= 11 is 0. The zero-order valence-corrected chi connectivity index (χ0v) is 14.6. The zero-order valence-electron chi connectivity index (χ0n) is 14.6. The Kier molecular flexibility index (Phi) is 4.69. The Morgan fingerprint density at radius 1 is 0.840 bits per heavy atom. The molecule has 4 rings (SSSR count). The SMILES string of the molecule is O=C1N[C@H](Cc2ccc(-c3ccccc3)cc2)CC1=C1CCCCC1. The fourth-order valence-electron chi connectivity index (χ4n) is 4.12. The van der Waals surface area contributed by atoms with Gasteiger partial charge < -0.3 is 5.32 Å². The first-order valence-electron chi connectivity index (χ1n) is 9.46. The normalized spacial score (nSPS) is 20.6. The molecule has 0 radical (unpaired) electrons. The fourth-order valence-corrected chi connectivity index (χ4v) is 4.12. The van der Waals surface area contributed by atoms with Crippen molar-refractivity contribution in [3.63, 3.8) is 0 Å². The minimum absolute atomic E-state index is 0.183. The molecule has 1 aliphatic heterocycles.